The van der Waals surface area contributed by atoms with Crippen LogP contribution in [0.3, 0.4) is 0 Å². The smallest absolute Gasteiger partial charge is 0.125 e. The zero-order valence-corrected chi connectivity index (χ0v) is 13.8. The molecule has 0 saturated heterocycles. The minimum absolute atomic E-state index is 0.309. The number of para-hydroxylation sites is 1. The Morgan fingerprint density at radius 2 is 2.10 bits per heavy atom. The van der Waals surface area contributed by atoms with Gasteiger partial charge in [-0.3, -0.25) is 0 Å². The summed E-state index contributed by atoms with van der Waals surface area (Å²) in [5, 5.41) is 3.72. The molecule has 3 heteroatoms. The number of fused-ring (bicyclic) bond motifs is 1. The molecule has 0 amide bonds. The zero-order valence-electron chi connectivity index (χ0n) is 12.2. The van der Waals surface area contributed by atoms with Gasteiger partial charge in [0.2, 0.25) is 0 Å². The molecule has 21 heavy (non-hydrogen) atoms. The van der Waals surface area contributed by atoms with E-state index in [2.05, 4.69) is 70.6 Å². The molecule has 2 aromatic rings. The fraction of sp³-hybridized carbons (Fsp3) is 0.333. The Morgan fingerprint density at radius 3 is 2.95 bits per heavy atom. The van der Waals surface area contributed by atoms with Gasteiger partial charge in [0.15, 0.2) is 0 Å². The van der Waals surface area contributed by atoms with Gasteiger partial charge in [-0.25, -0.2) is 0 Å². The van der Waals surface area contributed by atoms with E-state index in [4.69, 9.17) is 4.74 Å². The molecule has 0 aromatic heterocycles. The van der Waals surface area contributed by atoms with Crippen molar-refractivity contribution in [2.75, 3.05) is 11.9 Å². The molecular weight excluding hydrogens is 326 g/mol. The van der Waals surface area contributed by atoms with Crippen molar-refractivity contribution in [3.05, 3.63) is 58.1 Å². The molecule has 110 valence electrons. The van der Waals surface area contributed by atoms with Crippen LogP contribution in [0.1, 0.15) is 36.9 Å². The van der Waals surface area contributed by atoms with E-state index in [1.807, 2.05) is 0 Å². The van der Waals surface area contributed by atoms with Crippen LogP contribution < -0.4 is 10.1 Å². The highest BCUT2D eigenvalue weighted by atomic mass is 79.9. The molecule has 1 aliphatic heterocycles. The van der Waals surface area contributed by atoms with Crippen LogP contribution in [0, 0.1) is 0 Å². The SMILES string of the molecule is CCc1ccccc1NC1CCCOc2cc(Br)ccc21. The Morgan fingerprint density at radius 1 is 1.24 bits per heavy atom. The fourth-order valence-electron chi connectivity index (χ4n) is 2.85. The Labute approximate surface area is 134 Å². The van der Waals surface area contributed by atoms with E-state index in [1.165, 1.54) is 16.8 Å². The highest BCUT2D eigenvalue weighted by molar-refractivity contribution is 9.10. The molecule has 1 aliphatic rings. The summed E-state index contributed by atoms with van der Waals surface area (Å²) in [4.78, 5) is 0. The number of benzene rings is 2. The molecule has 0 aliphatic carbocycles. The van der Waals surface area contributed by atoms with Gasteiger partial charge < -0.3 is 10.1 Å². The van der Waals surface area contributed by atoms with Gasteiger partial charge in [-0.1, -0.05) is 47.1 Å². The van der Waals surface area contributed by atoms with Crippen LogP contribution in [0.5, 0.6) is 5.75 Å². The number of hydrogen-bond donors (Lipinski definition) is 1. The summed E-state index contributed by atoms with van der Waals surface area (Å²) in [6, 6.07) is 15.2. The van der Waals surface area contributed by atoms with Crippen LogP contribution in [-0.2, 0) is 6.42 Å². The van der Waals surface area contributed by atoms with E-state index >= 15 is 0 Å². The van der Waals surface area contributed by atoms with Crippen LogP contribution in [0.4, 0.5) is 5.69 Å². The Balaban J connectivity index is 1.92. The molecule has 1 unspecified atom stereocenters. The van der Waals surface area contributed by atoms with Crippen LogP contribution in [0.25, 0.3) is 0 Å². The summed E-state index contributed by atoms with van der Waals surface area (Å²) in [7, 11) is 0. The predicted octanol–water partition coefficient (Wildman–Crippen LogP) is 5.34. The Hall–Kier alpha value is -1.48. The van der Waals surface area contributed by atoms with Crippen molar-refractivity contribution >= 4 is 21.6 Å². The second-order valence-electron chi connectivity index (χ2n) is 5.38. The molecule has 0 bridgehead atoms. The predicted molar refractivity (Wildman–Crippen MR) is 91.1 cm³/mol. The lowest BCUT2D eigenvalue weighted by Crippen LogP contribution is -2.11. The zero-order chi connectivity index (χ0) is 14.7. The average molecular weight is 346 g/mol. The first-order valence-electron chi connectivity index (χ1n) is 7.54. The standard InChI is InChI=1S/C18H20BrNO/c1-2-13-6-3-4-7-16(13)20-17-8-5-11-21-18-12-14(19)9-10-15(17)18/h3-4,6-7,9-10,12,17,20H,2,5,8,11H2,1H3. The number of hydrogen-bond acceptors (Lipinski definition) is 2. The Kier molecular flexibility index (Phi) is 4.49. The number of halogens is 1. The van der Waals surface area contributed by atoms with Gasteiger partial charge in [-0.15, -0.1) is 0 Å². The molecule has 1 heterocycles. The monoisotopic (exact) mass is 345 g/mol. The molecule has 2 aromatic carbocycles. The van der Waals surface area contributed by atoms with Crippen LogP contribution >= 0.6 is 15.9 Å². The summed E-state index contributed by atoms with van der Waals surface area (Å²) in [6.07, 6.45) is 3.20. The van der Waals surface area contributed by atoms with E-state index < -0.39 is 0 Å². The topological polar surface area (TPSA) is 21.3 Å². The number of nitrogens with one attached hydrogen (secondary N) is 1. The van der Waals surface area contributed by atoms with E-state index in [1.54, 1.807) is 0 Å². The van der Waals surface area contributed by atoms with E-state index in [0.29, 0.717) is 6.04 Å². The van der Waals surface area contributed by atoms with Crippen LogP contribution in [-0.4, -0.2) is 6.61 Å². The highest BCUT2D eigenvalue weighted by Gasteiger charge is 2.20. The van der Waals surface area contributed by atoms with Crippen molar-refractivity contribution in [1.29, 1.82) is 0 Å². The first-order valence-corrected chi connectivity index (χ1v) is 8.34. The number of anilines is 1. The van der Waals surface area contributed by atoms with E-state index in [-0.39, 0.29) is 0 Å². The van der Waals surface area contributed by atoms with Gasteiger partial charge in [-0.05, 0) is 43.0 Å². The fourth-order valence-corrected chi connectivity index (χ4v) is 3.19. The van der Waals surface area contributed by atoms with Crippen molar-refractivity contribution in [2.45, 2.75) is 32.2 Å². The third-order valence-electron chi connectivity index (χ3n) is 3.97. The van der Waals surface area contributed by atoms with Gasteiger partial charge in [-0.2, -0.15) is 0 Å². The van der Waals surface area contributed by atoms with E-state index in [0.717, 1.165) is 36.1 Å². The van der Waals surface area contributed by atoms with Crippen LogP contribution in [0.2, 0.25) is 0 Å². The van der Waals surface area contributed by atoms with Crippen molar-refractivity contribution in [1.82, 2.24) is 0 Å². The number of ether oxygens (including phenoxy) is 1. The van der Waals surface area contributed by atoms with Gasteiger partial charge in [0, 0.05) is 15.7 Å². The molecule has 3 rings (SSSR count). The van der Waals surface area contributed by atoms with Gasteiger partial charge >= 0.3 is 0 Å². The third-order valence-corrected chi connectivity index (χ3v) is 4.47. The van der Waals surface area contributed by atoms with Crippen molar-refractivity contribution in [3.8, 4) is 5.75 Å². The molecule has 0 saturated carbocycles. The molecule has 1 N–H and O–H groups in total. The first kappa shape index (κ1) is 14.5. The average Bonchev–Trinajstić information content (AvgIpc) is 2.70. The molecule has 1 atom stereocenters. The summed E-state index contributed by atoms with van der Waals surface area (Å²) in [6.45, 7) is 2.98. The molecule has 0 spiro atoms. The number of aryl methyl sites for hydroxylation is 1. The lowest BCUT2D eigenvalue weighted by molar-refractivity contribution is 0.316. The van der Waals surface area contributed by atoms with E-state index in [9.17, 15) is 0 Å². The maximum atomic E-state index is 5.88. The maximum Gasteiger partial charge on any atom is 0.125 e. The third kappa shape index (κ3) is 3.24. The quantitative estimate of drug-likeness (QED) is 0.810. The first-order chi connectivity index (χ1) is 10.3. The lowest BCUT2D eigenvalue weighted by Gasteiger charge is -2.21. The molecule has 2 nitrogen and oxygen atoms in total. The lowest BCUT2D eigenvalue weighted by atomic mass is 10.0. The normalized spacial score (nSPS) is 17.5. The summed E-state index contributed by atoms with van der Waals surface area (Å²) in [5.41, 5.74) is 3.85. The van der Waals surface area contributed by atoms with Gasteiger partial charge in [0.25, 0.3) is 0 Å². The van der Waals surface area contributed by atoms with Crippen molar-refractivity contribution < 1.29 is 4.74 Å². The molecular formula is C18H20BrNO. The maximum absolute atomic E-state index is 5.88. The summed E-state index contributed by atoms with van der Waals surface area (Å²) in [5.74, 6) is 0.994. The highest BCUT2D eigenvalue weighted by Crippen LogP contribution is 2.36. The minimum Gasteiger partial charge on any atom is -0.493 e. The van der Waals surface area contributed by atoms with Crippen molar-refractivity contribution in [3.63, 3.8) is 0 Å². The Bertz CT molecular complexity index is 626. The summed E-state index contributed by atoms with van der Waals surface area (Å²) >= 11 is 3.53. The van der Waals surface area contributed by atoms with Crippen molar-refractivity contribution in [2.24, 2.45) is 0 Å². The second-order valence-corrected chi connectivity index (χ2v) is 6.30. The van der Waals surface area contributed by atoms with Gasteiger partial charge in [0.05, 0.1) is 12.6 Å². The molecule has 0 radical (unpaired) electrons. The van der Waals surface area contributed by atoms with Gasteiger partial charge in [0.1, 0.15) is 5.75 Å². The summed E-state index contributed by atoms with van der Waals surface area (Å²) < 4.78 is 6.95. The minimum atomic E-state index is 0.309. The largest absolute Gasteiger partial charge is 0.493 e. The number of rotatable bonds is 3. The second kappa shape index (κ2) is 6.52. The molecule has 0 fully saturated rings. The van der Waals surface area contributed by atoms with Crippen LogP contribution in [0.15, 0.2) is 46.9 Å².